The summed E-state index contributed by atoms with van der Waals surface area (Å²) in [5, 5.41) is 4.26. The van der Waals surface area contributed by atoms with Crippen LogP contribution in [0.25, 0.3) is 22.3 Å². The average molecular weight is 508 g/mol. The molecule has 7 rings (SSSR count). The lowest BCUT2D eigenvalue weighted by atomic mass is 9.96. The first kappa shape index (κ1) is 23.4. The summed E-state index contributed by atoms with van der Waals surface area (Å²) in [6, 6.07) is 16.9. The standard InChI is InChI=1S/C31H33N5O2/c1-34-20-27(17-32-34)24-6-4-22(5-7-24)23-8-10-25(11-9-23)28-33-31(14-15-31)30(38)36(28)19-21-3-2-16-35(18-21)29(37)26-12-13-26/h4-11,17,20-21,26H,2-3,12-16,18-19H2,1H3/t21-/m1/s1. The Labute approximate surface area is 223 Å². The second kappa shape index (κ2) is 8.93. The molecule has 3 heterocycles. The molecule has 7 nitrogen and oxygen atoms in total. The number of amides is 2. The molecule has 2 amide bonds. The van der Waals surface area contributed by atoms with E-state index in [1.54, 1.807) is 0 Å². The summed E-state index contributed by atoms with van der Waals surface area (Å²) in [5.41, 5.74) is 4.97. The summed E-state index contributed by atoms with van der Waals surface area (Å²) in [5.74, 6) is 1.81. The van der Waals surface area contributed by atoms with E-state index in [9.17, 15) is 9.59 Å². The highest BCUT2D eigenvalue weighted by Crippen LogP contribution is 2.46. The van der Waals surface area contributed by atoms with Crippen LogP contribution in [0.1, 0.15) is 44.1 Å². The van der Waals surface area contributed by atoms with Gasteiger partial charge in [-0.25, -0.2) is 0 Å². The van der Waals surface area contributed by atoms with Crippen molar-refractivity contribution >= 4 is 17.6 Å². The van der Waals surface area contributed by atoms with Crippen LogP contribution >= 0.6 is 0 Å². The zero-order chi connectivity index (χ0) is 25.9. The zero-order valence-electron chi connectivity index (χ0n) is 21.8. The highest BCUT2D eigenvalue weighted by molar-refractivity contribution is 6.16. The number of carbonyl (C=O) groups excluding carboxylic acids is 2. The summed E-state index contributed by atoms with van der Waals surface area (Å²) in [6.45, 7) is 2.26. The number of rotatable bonds is 6. The molecule has 2 saturated carbocycles. The molecule has 194 valence electrons. The number of nitrogens with zero attached hydrogens (tertiary/aromatic N) is 5. The molecule has 1 atom stereocenters. The molecule has 38 heavy (non-hydrogen) atoms. The molecule has 1 saturated heterocycles. The highest BCUT2D eigenvalue weighted by Gasteiger charge is 2.57. The van der Waals surface area contributed by atoms with Crippen LogP contribution in [-0.4, -0.2) is 62.4 Å². The fourth-order valence-electron chi connectivity index (χ4n) is 5.99. The summed E-state index contributed by atoms with van der Waals surface area (Å²) >= 11 is 0. The third-order valence-corrected chi connectivity index (χ3v) is 8.54. The molecule has 3 aromatic rings. The molecule has 2 aliphatic heterocycles. The maximum absolute atomic E-state index is 13.4. The van der Waals surface area contributed by atoms with Crippen molar-refractivity contribution in [3.8, 4) is 22.3 Å². The Kier molecular flexibility index (Phi) is 5.49. The van der Waals surface area contributed by atoms with E-state index in [4.69, 9.17) is 4.99 Å². The van der Waals surface area contributed by atoms with E-state index in [1.165, 1.54) is 0 Å². The van der Waals surface area contributed by atoms with Crippen LogP contribution in [0.3, 0.4) is 0 Å². The van der Waals surface area contributed by atoms with Gasteiger partial charge < -0.3 is 4.90 Å². The summed E-state index contributed by atoms with van der Waals surface area (Å²) < 4.78 is 1.81. The number of carbonyl (C=O) groups is 2. The van der Waals surface area contributed by atoms with Gasteiger partial charge in [-0.2, -0.15) is 5.10 Å². The number of benzene rings is 2. The quantitative estimate of drug-likeness (QED) is 0.492. The van der Waals surface area contributed by atoms with Crippen LogP contribution in [0.2, 0.25) is 0 Å². The lowest BCUT2D eigenvalue weighted by molar-refractivity contribution is -0.134. The van der Waals surface area contributed by atoms with Crippen molar-refractivity contribution in [3.05, 3.63) is 66.5 Å². The second-order valence-corrected chi connectivity index (χ2v) is 11.5. The fraction of sp³-hybridized carbons (Fsp3) is 0.419. The number of aliphatic imine (C=N–C) groups is 1. The minimum atomic E-state index is -0.533. The molecule has 3 fully saturated rings. The zero-order valence-corrected chi connectivity index (χ0v) is 21.8. The molecule has 0 radical (unpaired) electrons. The fourth-order valence-corrected chi connectivity index (χ4v) is 5.99. The van der Waals surface area contributed by atoms with E-state index in [1.807, 2.05) is 33.9 Å². The van der Waals surface area contributed by atoms with Crippen molar-refractivity contribution in [1.82, 2.24) is 19.6 Å². The number of piperidine rings is 1. The van der Waals surface area contributed by atoms with E-state index in [-0.39, 0.29) is 11.8 Å². The molecular formula is C31H33N5O2. The van der Waals surface area contributed by atoms with Crippen molar-refractivity contribution in [1.29, 1.82) is 0 Å². The largest absolute Gasteiger partial charge is 0.342 e. The Balaban J connectivity index is 1.09. The third kappa shape index (κ3) is 4.24. The van der Waals surface area contributed by atoms with E-state index in [0.717, 1.165) is 85.3 Å². The molecule has 2 aliphatic carbocycles. The van der Waals surface area contributed by atoms with Crippen LogP contribution in [0.4, 0.5) is 0 Å². The molecule has 0 unspecified atom stereocenters. The van der Waals surface area contributed by atoms with Crippen LogP contribution in [0, 0.1) is 11.8 Å². The van der Waals surface area contributed by atoms with Crippen molar-refractivity contribution in [3.63, 3.8) is 0 Å². The Bertz CT molecular complexity index is 1410. The topological polar surface area (TPSA) is 70.8 Å². The molecule has 0 bridgehead atoms. The van der Waals surface area contributed by atoms with Crippen molar-refractivity contribution < 1.29 is 9.59 Å². The Morgan fingerprint density at radius 2 is 1.55 bits per heavy atom. The van der Waals surface area contributed by atoms with Gasteiger partial charge in [0.25, 0.3) is 5.91 Å². The Hall–Kier alpha value is -3.74. The lowest BCUT2D eigenvalue weighted by Gasteiger charge is -2.35. The van der Waals surface area contributed by atoms with Gasteiger partial charge in [-0.05, 0) is 61.1 Å². The van der Waals surface area contributed by atoms with Gasteiger partial charge in [-0.1, -0.05) is 48.5 Å². The molecule has 0 N–H and O–H groups in total. The Morgan fingerprint density at radius 3 is 2.13 bits per heavy atom. The predicted octanol–water partition coefficient (Wildman–Crippen LogP) is 4.52. The van der Waals surface area contributed by atoms with Gasteiger partial charge >= 0.3 is 0 Å². The maximum atomic E-state index is 13.4. The molecular weight excluding hydrogens is 474 g/mol. The smallest absolute Gasteiger partial charge is 0.256 e. The van der Waals surface area contributed by atoms with Crippen molar-refractivity contribution in [2.75, 3.05) is 19.6 Å². The van der Waals surface area contributed by atoms with Gasteiger partial charge in [0, 0.05) is 49.9 Å². The van der Waals surface area contributed by atoms with Gasteiger partial charge in [0.05, 0.1) is 6.20 Å². The van der Waals surface area contributed by atoms with Crippen LogP contribution in [0.15, 0.2) is 65.9 Å². The van der Waals surface area contributed by atoms with Crippen LogP contribution in [-0.2, 0) is 16.6 Å². The van der Waals surface area contributed by atoms with Gasteiger partial charge in [0.2, 0.25) is 5.91 Å². The molecule has 4 aliphatic rings. The van der Waals surface area contributed by atoms with Gasteiger partial charge in [0.15, 0.2) is 0 Å². The van der Waals surface area contributed by atoms with E-state index in [0.29, 0.717) is 18.4 Å². The van der Waals surface area contributed by atoms with Gasteiger partial charge in [-0.3, -0.25) is 24.2 Å². The number of aromatic nitrogens is 2. The van der Waals surface area contributed by atoms with Gasteiger partial charge in [0.1, 0.15) is 11.4 Å². The van der Waals surface area contributed by atoms with Crippen LogP contribution in [0.5, 0.6) is 0 Å². The van der Waals surface area contributed by atoms with Gasteiger partial charge in [-0.15, -0.1) is 0 Å². The number of aryl methyl sites for hydroxylation is 1. The highest BCUT2D eigenvalue weighted by atomic mass is 16.2. The average Bonchev–Trinajstić information content (AvgIpc) is 3.88. The Morgan fingerprint density at radius 1 is 0.921 bits per heavy atom. The van der Waals surface area contributed by atoms with E-state index in [2.05, 4.69) is 53.6 Å². The van der Waals surface area contributed by atoms with E-state index < -0.39 is 5.54 Å². The predicted molar refractivity (Wildman–Crippen MR) is 146 cm³/mol. The SMILES string of the molecule is Cn1cc(-c2ccc(-c3ccc(C4=NC5(CC5)C(=O)N4C[C@@H]4CCCN(C(=O)C5CC5)C4)cc3)cc2)cn1. The van der Waals surface area contributed by atoms with E-state index >= 15 is 0 Å². The summed E-state index contributed by atoms with van der Waals surface area (Å²) in [4.78, 5) is 35.1. The monoisotopic (exact) mass is 507 g/mol. The molecule has 1 aromatic heterocycles. The number of hydrogen-bond donors (Lipinski definition) is 0. The molecule has 7 heteroatoms. The number of amidine groups is 1. The minimum Gasteiger partial charge on any atom is -0.342 e. The van der Waals surface area contributed by atoms with Crippen molar-refractivity contribution in [2.45, 2.75) is 44.1 Å². The van der Waals surface area contributed by atoms with Crippen LogP contribution < -0.4 is 0 Å². The normalized spacial score (nSPS) is 22.2. The summed E-state index contributed by atoms with van der Waals surface area (Å²) in [6.07, 6.45) is 9.70. The first-order valence-electron chi connectivity index (χ1n) is 13.9. The second-order valence-electron chi connectivity index (χ2n) is 11.5. The molecule has 1 spiro atoms. The summed E-state index contributed by atoms with van der Waals surface area (Å²) in [7, 11) is 1.92. The first-order chi connectivity index (χ1) is 18.5. The lowest BCUT2D eigenvalue weighted by Crippen LogP contribution is -2.46. The minimum absolute atomic E-state index is 0.146. The van der Waals surface area contributed by atoms with Crippen molar-refractivity contribution in [2.24, 2.45) is 23.9 Å². The number of hydrogen-bond acceptors (Lipinski definition) is 4. The third-order valence-electron chi connectivity index (χ3n) is 8.54. The first-order valence-corrected chi connectivity index (χ1v) is 13.9. The molecule has 2 aromatic carbocycles. The maximum Gasteiger partial charge on any atom is 0.256 e. The number of likely N-dealkylation sites (tertiary alicyclic amines) is 1.